The Morgan fingerprint density at radius 3 is 2.67 bits per heavy atom. The molecular formula is C6H9N2O. The van der Waals surface area contributed by atoms with Gasteiger partial charge in [-0.1, -0.05) is 0 Å². The molecule has 0 saturated carbocycles. The lowest BCUT2D eigenvalue weighted by atomic mass is 10.4. The smallest absolute Gasteiger partial charge is 0.127 e. The zero-order valence-corrected chi connectivity index (χ0v) is 5.50. The molecule has 0 atom stereocenters. The molecule has 0 aliphatic carbocycles. The van der Waals surface area contributed by atoms with Gasteiger partial charge in [0.15, 0.2) is 0 Å². The summed E-state index contributed by atoms with van der Waals surface area (Å²) >= 11 is 0. The monoisotopic (exact) mass is 125 g/mol. The third-order valence-corrected chi connectivity index (χ3v) is 1.17. The van der Waals surface area contributed by atoms with Crippen LogP contribution in [-0.2, 0) is 7.05 Å². The van der Waals surface area contributed by atoms with Crippen molar-refractivity contribution in [3.05, 3.63) is 24.1 Å². The summed E-state index contributed by atoms with van der Waals surface area (Å²) in [7, 11) is 1.79. The van der Waals surface area contributed by atoms with Gasteiger partial charge in [0, 0.05) is 7.05 Å². The molecule has 0 spiro atoms. The van der Waals surface area contributed by atoms with Crippen molar-refractivity contribution in [2.24, 2.45) is 7.05 Å². The molecule has 3 heteroatoms. The molecule has 0 bridgehead atoms. The Hall–Kier alpha value is -0.830. The lowest BCUT2D eigenvalue weighted by Gasteiger charge is -1.91. The minimum Gasteiger partial charge on any atom is -0.384 e. The Kier molecular flexibility index (Phi) is 1.53. The maximum Gasteiger partial charge on any atom is 0.127 e. The van der Waals surface area contributed by atoms with Crippen molar-refractivity contribution in [1.29, 1.82) is 0 Å². The molecule has 0 aromatic carbocycles. The first-order valence-corrected chi connectivity index (χ1v) is 2.72. The van der Waals surface area contributed by atoms with Crippen LogP contribution < -0.4 is 0 Å². The lowest BCUT2D eigenvalue weighted by molar-refractivity contribution is 0.403. The Labute approximate surface area is 53.9 Å². The summed E-state index contributed by atoms with van der Waals surface area (Å²) < 4.78 is 1.62. The number of aromatic nitrogens is 2. The fraction of sp³-hybridized carbons (Fsp3) is 0.333. The number of rotatable bonds is 1. The molecule has 0 saturated heterocycles. The van der Waals surface area contributed by atoms with E-state index in [4.69, 9.17) is 5.11 Å². The zero-order valence-electron chi connectivity index (χ0n) is 5.50. The van der Waals surface area contributed by atoms with Gasteiger partial charge in [-0.05, 0) is 13.0 Å². The molecule has 49 valence electrons. The molecule has 1 aromatic heterocycles. The van der Waals surface area contributed by atoms with E-state index in [-0.39, 0.29) is 0 Å². The van der Waals surface area contributed by atoms with E-state index in [1.165, 1.54) is 0 Å². The third-order valence-electron chi connectivity index (χ3n) is 1.17. The topological polar surface area (TPSA) is 38.0 Å². The average Bonchev–Trinajstić information content (AvgIpc) is 2.10. The van der Waals surface area contributed by atoms with E-state index in [1.54, 1.807) is 17.8 Å². The van der Waals surface area contributed by atoms with E-state index in [9.17, 15) is 0 Å². The molecule has 0 amide bonds. The van der Waals surface area contributed by atoms with Crippen LogP contribution in [0.25, 0.3) is 0 Å². The Balaban J connectivity index is 3.01. The quantitative estimate of drug-likeness (QED) is 0.597. The van der Waals surface area contributed by atoms with Gasteiger partial charge in [-0.2, -0.15) is 5.10 Å². The third kappa shape index (κ3) is 1.10. The lowest BCUT2D eigenvalue weighted by Crippen LogP contribution is -1.95. The van der Waals surface area contributed by atoms with Gasteiger partial charge in [-0.25, -0.2) is 0 Å². The van der Waals surface area contributed by atoms with Crippen LogP contribution >= 0.6 is 0 Å². The molecule has 0 unspecified atom stereocenters. The Morgan fingerprint density at radius 1 is 1.78 bits per heavy atom. The maximum absolute atomic E-state index is 8.55. The molecule has 1 rings (SSSR count). The van der Waals surface area contributed by atoms with Crippen molar-refractivity contribution in [1.82, 2.24) is 9.78 Å². The van der Waals surface area contributed by atoms with Gasteiger partial charge >= 0.3 is 0 Å². The second-order valence-electron chi connectivity index (χ2n) is 1.96. The highest BCUT2D eigenvalue weighted by Gasteiger charge is 1.97. The summed E-state index contributed by atoms with van der Waals surface area (Å²) in [6.07, 6.45) is 0. The van der Waals surface area contributed by atoms with E-state index >= 15 is 0 Å². The van der Waals surface area contributed by atoms with E-state index in [0.29, 0.717) is 0 Å². The average molecular weight is 125 g/mol. The molecule has 1 N–H and O–H groups in total. The van der Waals surface area contributed by atoms with Crippen molar-refractivity contribution >= 4 is 0 Å². The molecule has 9 heavy (non-hydrogen) atoms. The number of hydrogen-bond acceptors (Lipinski definition) is 2. The minimum atomic E-state index is 0.729. The highest BCUT2D eigenvalue weighted by Crippen LogP contribution is 2.01. The number of aryl methyl sites for hydroxylation is 2. The largest absolute Gasteiger partial charge is 0.384 e. The number of aliphatic hydroxyl groups is 1. The van der Waals surface area contributed by atoms with Crippen LogP contribution in [0.2, 0.25) is 0 Å². The molecule has 1 radical (unpaired) electrons. The van der Waals surface area contributed by atoms with E-state index in [0.717, 1.165) is 18.0 Å². The number of nitrogens with zero attached hydrogens (tertiary/aromatic N) is 2. The Morgan fingerprint density at radius 2 is 2.44 bits per heavy atom. The molecular weight excluding hydrogens is 116 g/mol. The molecule has 3 nitrogen and oxygen atoms in total. The normalized spacial score (nSPS) is 10.1. The molecule has 1 heterocycles. The molecule has 0 aliphatic rings. The van der Waals surface area contributed by atoms with Crippen LogP contribution in [0.15, 0.2) is 6.07 Å². The second-order valence-corrected chi connectivity index (χ2v) is 1.96. The van der Waals surface area contributed by atoms with Crippen molar-refractivity contribution in [3.63, 3.8) is 0 Å². The van der Waals surface area contributed by atoms with Crippen molar-refractivity contribution < 1.29 is 5.11 Å². The number of aliphatic hydroxyl groups excluding tert-OH is 1. The number of hydrogen-bond donors (Lipinski definition) is 1. The van der Waals surface area contributed by atoms with Crippen LogP contribution in [0.3, 0.4) is 0 Å². The van der Waals surface area contributed by atoms with Gasteiger partial charge in [0.1, 0.15) is 6.61 Å². The highest BCUT2D eigenvalue weighted by molar-refractivity contribution is 5.13. The van der Waals surface area contributed by atoms with Crippen LogP contribution in [-0.4, -0.2) is 14.9 Å². The predicted molar refractivity (Wildman–Crippen MR) is 33.3 cm³/mol. The van der Waals surface area contributed by atoms with Gasteiger partial charge in [-0.15, -0.1) is 0 Å². The fourth-order valence-corrected chi connectivity index (χ4v) is 0.751. The first kappa shape index (κ1) is 6.29. The first-order valence-electron chi connectivity index (χ1n) is 2.72. The van der Waals surface area contributed by atoms with Crippen LogP contribution in [0, 0.1) is 13.5 Å². The van der Waals surface area contributed by atoms with E-state index in [1.807, 2.05) is 6.92 Å². The van der Waals surface area contributed by atoms with Gasteiger partial charge in [0.2, 0.25) is 0 Å². The van der Waals surface area contributed by atoms with Crippen molar-refractivity contribution in [2.75, 3.05) is 0 Å². The molecule has 0 fully saturated rings. The summed E-state index contributed by atoms with van der Waals surface area (Å²) in [4.78, 5) is 0. The van der Waals surface area contributed by atoms with Crippen molar-refractivity contribution in [2.45, 2.75) is 6.92 Å². The first-order chi connectivity index (χ1) is 4.24. The van der Waals surface area contributed by atoms with E-state index < -0.39 is 0 Å². The van der Waals surface area contributed by atoms with Gasteiger partial charge in [0.25, 0.3) is 0 Å². The van der Waals surface area contributed by atoms with Gasteiger partial charge in [-0.3, -0.25) is 4.68 Å². The van der Waals surface area contributed by atoms with Crippen LogP contribution in [0.5, 0.6) is 0 Å². The summed E-state index contributed by atoms with van der Waals surface area (Å²) in [6, 6.07) is 1.81. The standard InChI is InChI=1S/C6H9N2O/c1-5-3-6(4-9)8(2)7-5/h3-4,9H,1-2H3. The van der Waals surface area contributed by atoms with Gasteiger partial charge < -0.3 is 5.11 Å². The summed E-state index contributed by atoms with van der Waals surface area (Å²) in [6.45, 7) is 2.92. The summed E-state index contributed by atoms with van der Waals surface area (Å²) in [5.41, 5.74) is 1.64. The minimum absolute atomic E-state index is 0.729. The maximum atomic E-state index is 8.55. The highest BCUT2D eigenvalue weighted by atomic mass is 16.3. The Bertz CT molecular complexity index is 205. The molecule has 0 aliphatic heterocycles. The SMILES string of the molecule is Cc1cc([CH]O)n(C)n1. The van der Waals surface area contributed by atoms with Crippen LogP contribution in [0.4, 0.5) is 0 Å². The molecule has 1 aromatic rings. The second kappa shape index (κ2) is 2.19. The van der Waals surface area contributed by atoms with Crippen molar-refractivity contribution in [3.8, 4) is 0 Å². The zero-order chi connectivity index (χ0) is 6.85. The summed E-state index contributed by atoms with van der Waals surface area (Å²) in [5, 5.41) is 12.6. The van der Waals surface area contributed by atoms with Crippen LogP contribution in [0.1, 0.15) is 11.4 Å². The fourth-order valence-electron chi connectivity index (χ4n) is 0.751. The predicted octanol–water partition coefficient (Wildman–Crippen LogP) is 0.611. The summed E-state index contributed by atoms with van der Waals surface area (Å²) in [5.74, 6) is 0. The van der Waals surface area contributed by atoms with Gasteiger partial charge in [0.05, 0.1) is 11.4 Å². The van der Waals surface area contributed by atoms with E-state index in [2.05, 4.69) is 5.10 Å².